The van der Waals surface area contributed by atoms with Gasteiger partial charge in [-0.3, -0.25) is 0 Å². The zero-order valence-corrected chi connectivity index (χ0v) is 12.6. The molecule has 0 unspecified atom stereocenters. The van der Waals surface area contributed by atoms with Crippen LogP contribution in [0.4, 0.5) is 0 Å². The number of imidazole rings is 1. The summed E-state index contributed by atoms with van der Waals surface area (Å²) in [6, 6.07) is 25.7. The SMILES string of the molecule is Oc1ccccc1-c1nc2ccccc2n1Cc1ccccc1. The summed E-state index contributed by atoms with van der Waals surface area (Å²) in [6.45, 7) is 0.713. The number of rotatable bonds is 3. The van der Waals surface area contributed by atoms with E-state index in [9.17, 15) is 5.11 Å². The van der Waals surface area contributed by atoms with Gasteiger partial charge in [-0.05, 0) is 29.8 Å². The van der Waals surface area contributed by atoms with Crippen LogP contribution >= 0.6 is 0 Å². The van der Waals surface area contributed by atoms with E-state index in [1.54, 1.807) is 6.07 Å². The van der Waals surface area contributed by atoms with E-state index in [4.69, 9.17) is 4.98 Å². The van der Waals surface area contributed by atoms with E-state index in [0.717, 1.165) is 22.4 Å². The van der Waals surface area contributed by atoms with E-state index < -0.39 is 0 Å². The molecule has 1 heterocycles. The molecule has 0 spiro atoms. The number of benzene rings is 3. The molecule has 4 aromatic rings. The Bertz CT molecular complexity index is 958. The van der Waals surface area contributed by atoms with E-state index in [0.29, 0.717) is 6.54 Å². The van der Waals surface area contributed by atoms with Crippen LogP contribution in [0.15, 0.2) is 78.9 Å². The minimum atomic E-state index is 0.247. The van der Waals surface area contributed by atoms with Crippen LogP contribution in [-0.2, 0) is 6.54 Å². The Hall–Kier alpha value is -3.07. The van der Waals surface area contributed by atoms with Crippen LogP contribution in [0.3, 0.4) is 0 Å². The highest BCUT2D eigenvalue weighted by Gasteiger charge is 2.15. The lowest BCUT2D eigenvalue weighted by Crippen LogP contribution is -2.02. The molecule has 0 saturated carbocycles. The third-order valence-electron chi connectivity index (χ3n) is 3.98. The van der Waals surface area contributed by atoms with Crippen LogP contribution in [0.2, 0.25) is 0 Å². The van der Waals surface area contributed by atoms with Gasteiger partial charge in [0.2, 0.25) is 0 Å². The second-order valence-corrected chi connectivity index (χ2v) is 5.51. The molecule has 0 fully saturated rings. The minimum absolute atomic E-state index is 0.247. The van der Waals surface area contributed by atoms with Gasteiger partial charge in [-0.15, -0.1) is 0 Å². The predicted molar refractivity (Wildman–Crippen MR) is 92.4 cm³/mol. The molecule has 3 nitrogen and oxygen atoms in total. The van der Waals surface area contributed by atoms with Crippen LogP contribution in [-0.4, -0.2) is 14.7 Å². The first kappa shape index (κ1) is 13.6. The number of nitrogens with zero attached hydrogens (tertiary/aromatic N) is 2. The number of phenols is 1. The molecular weight excluding hydrogens is 284 g/mol. The number of hydrogen-bond acceptors (Lipinski definition) is 2. The van der Waals surface area contributed by atoms with Gasteiger partial charge < -0.3 is 9.67 Å². The fourth-order valence-corrected chi connectivity index (χ4v) is 2.87. The third kappa shape index (κ3) is 2.46. The summed E-state index contributed by atoms with van der Waals surface area (Å²) < 4.78 is 2.15. The van der Waals surface area contributed by atoms with Crippen LogP contribution in [0.25, 0.3) is 22.4 Å². The van der Waals surface area contributed by atoms with Crippen LogP contribution in [0, 0.1) is 0 Å². The Morgan fingerprint density at radius 2 is 1.48 bits per heavy atom. The van der Waals surface area contributed by atoms with E-state index in [1.165, 1.54) is 5.56 Å². The average Bonchev–Trinajstić information content (AvgIpc) is 2.95. The van der Waals surface area contributed by atoms with Crippen molar-refractivity contribution in [3.63, 3.8) is 0 Å². The molecule has 4 rings (SSSR count). The maximum absolute atomic E-state index is 10.2. The normalized spacial score (nSPS) is 11.0. The summed E-state index contributed by atoms with van der Waals surface area (Å²) in [5, 5.41) is 10.2. The van der Waals surface area contributed by atoms with Gasteiger partial charge in [0, 0.05) is 6.54 Å². The molecule has 0 aliphatic rings. The molecule has 23 heavy (non-hydrogen) atoms. The molecule has 3 aromatic carbocycles. The fourth-order valence-electron chi connectivity index (χ4n) is 2.87. The topological polar surface area (TPSA) is 38.1 Å². The molecule has 1 aromatic heterocycles. The fraction of sp³-hybridized carbons (Fsp3) is 0.0500. The summed E-state index contributed by atoms with van der Waals surface area (Å²) in [4.78, 5) is 4.74. The summed E-state index contributed by atoms with van der Waals surface area (Å²) in [5.41, 5.74) is 3.95. The standard InChI is InChI=1S/C20H16N2O/c23-19-13-7-4-10-16(19)20-21-17-11-5-6-12-18(17)22(20)14-15-8-2-1-3-9-15/h1-13,23H,14H2. The first-order valence-corrected chi connectivity index (χ1v) is 7.60. The highest BCUT2D eigenvalue weighted by Crippen LogP contribution is 2.31. The van der Waals surface area contributed by atoms with Crippen molar-refractivity contribution >= 4 is 11.0 Å². The molecule has 0 radical (unpaired) electrons. The van der Waals surface area contributed by atoms with Crippen molar-refractivity contribution < 1.29 is 5.11 Å². The lowest BCUT2D eigenvalue weighted by molar-refractivity contribution is 0.476. The monoisotopic (exact) mass is 300 g/mol. The van der Waals surface area contributed by atoms with Gasteiger partial charge in [0.25, 0.3) is 0 Å². The molecule has 1 N–H and O–H groups in total. The number of fused-ring (bicyclic) bond motifs is 1. The lowest BCUT2D eigenvalue weighted by Gasteiger charge is -2.10. The quantitative estimate of drug-likeness (QED) is 0.606. The number of aromatic hydroxyl groups is 1. The lowest BCUT2D eigenvalue weighted by atomic mass is 10.1. The highest BCUT2D eigenvalue weighted by atomic mass is 16.3. The van der Waals surface area contributed by atoms with E-state index in [-0.39, 0.29) is 5.75 Å². The second-order valence-electron chi connectivity index (χ2n) is 5.51. The van der Waals surface area contributed by atoms with Gasteiger partial charge in [0.1, 0.15) is 11.6 Å². The zero-order valence-electron chi connectivity index (χ0n) is 12.6. The average molecular weight is 300 g/mol. The largest absolute Gasteiger partial charge is 0.507 e. The molecule has 112 valence electrons. The maximum atomic E-state index is 10.2. The van der Waals surface area contributed by atoms with E-state index >= 15 is 0 Å². The molecule has 3 heteroatoms. The van der Waals surface area contributed by atoms with Crippen LogP contribution in [0.5, 0.6) is 5.75 Å². The van der Waals surface area contributed by atoms with Gasteiger partial charge in [-0.25, -0.2) is 4.98 Å². The van der Waals surface area contributed by atoms with Crippen molar-refractivity contribution in [3.8, 4) is 17.1 Å². The number of para-hydroxylation sites is 3. The Labute approximate surface area is 134 Å². The van der Waals surface area contributed by atoms with Crippen molar-refractivity contribution in [2.24, 2.45) is 0 Å². The van der Waals surface area contributed by atoms with Gasteiger partial charge in [0.05, 0.1) is 16.6 Å². The van der Waals surface area contributed by atoms with E-state index in [1.807, 2.05) is 54.6 Å². The second kappa shape index (κ2) is 5.61. The third-order valence-corrected chi connectivity index (χ3v) is 3.98. The molecule has 0 atom stereocenters. The number of hydrogen-bond donors (Lipinski definition) is 1. The van der Waals surface area contributed by atoms with Gasteiger partial charge in [-0.1, -0.05) is 54.6 Å². The molecule has 0 bridgehead atoms. The first-order valence-electron chi connectivity index (χ1n) is 7.60. The van der Waals surface area contributed by atoms with Crippen molar-refractivity contribution in [1.29, 1.82) is 0 Å². The summed E-state index contributed by atoms with van der Waals surface area (Å²) >= 11 is 0. The van der Waals surface area contributed by atoms with Crippen LogP contribution in [0.1, 0.15) is 5.56 Å². The van der Waals surface area contributed by atoms with Crippen molar-refractivity contribution in [3.05, 3.63) is 84.4 Å². The summed E-state index contributed by atoms with van der Waals surface area (Å²) in [6.07, 6.45) is 0. The molecule has 0 saturated heterocycles. The highest BCUT2D eigenvalue weighted by molar-refractivity contribution is 5.82. The summed E-state index contributed by atoms with van der Waals surface area (Å²) in [5.74, 6) is 1.03. The van der Waals surface area contributed by atoms with E-state index in [2.05, 4.69) is 22.8 Å². The Balaban J connectivity index is 1.93. The number of phenolic OH excluding ortho intramolecular Hbond substituents is 1. The number of aromatic nitrogens is 2. The first-order chi connectivity index (χ1) is 11.3. The van der Waals surface area contributed by atoms with Gasteiger partial charge >= 0.3 is 0 Å². The van der Waals surface area contributed by atoms with Crippen molar-refractivity contribution in [1.82, 2.24) is 9.55 Å². The Morgan fingerprint density at radius 1 is 0.783 bits per heavy atom. The maximum Gasteiger partial charge on any atom is 0.145 e. The Morgan fingerprint density at radius 3 is 2.30 bits per heavy atom. The van der Waals surface area contributed by atoms with Crippen LogP contribution < -0.4 is 0 Å². The van der Waals surface area contributed by atoms with Crippen molar-refractivity contribution in [2.45, 2.75) is 6.54 Å². The smallest absolute Gasteiger partial charge is 0.145 e. The molecular formula is C20H16N2O. The van der Waals surface area contributed by atoms with Gasteiger partial charge in [0.15, 0.2) is 0 Å². The zero-order chi connectivity index (χ0) is 15.6. The van der Waals surface area contributed by atoms with Gasteiger partial charge in [-0.2, -0.15) is 0 Å². The van der Waals surface area contributed by atoms with Crippen molar-refractivity contribution in [2.75, 3.05) is 0 Å². The molecule has 0 aliphatic heterocycles. The predicted octanol–water partition coefficient (Wildman–Crippen LogP) is 4.46. The summed E-state index contributed by atoms with van der Waals surface area (Å²) in [7, 11) is 0. The Kier molecular flexibility index (Phi) is 3.31. The minimum Gasteiger partial charge on any atom is -0.507 e. The molecule has 0 aliphatic carbocycles. The molecule has 0 amide bonds.